The summed E-state index contributed by atoms with van der Waals surface area (Å²) in [7, 11) is 1.34. The van der Waals surface area contributed by atoms with E-state index in [-0.39, 0.29) is 11.9 Å². The fourth-order valence-electron chi connectivity index (χ4n) is 3.27. The van der Waals surface area contributed by atoms with E-state index in [1.54, 1.807) is 24.3 Å². The Bertz CT molecular complexity index is 1010. The average molecular weight is 410 g/mol. The number of hydrogen-bond donors (Lipinski definition) is 3. The number of nitrogens with one attached hydrogen (secondary N) is 3. The number of amides is 1. The highest BCUT2D eigenvalue weighted by Gasteiger charge is 2.28. The van der Waals surface area contributed by atoms with Crippen molar-refractivity contribution >= 4 is 40.6 Å². The molecule has 0 spiro atoms. The first-order valence-corrected chi connectivity index (χ1v) is 9.60. The number of anilines is 1. The lowest BCUT2D eigenvalue weighted by Gasteiger charge is -2.29. The SMILES string of the molecule is COC(=O)c1ccc(C2=C(C(=O)Nc3ccc(C)cc3C)C(C)NC(=S)N2)cc1. The highest BCUT2D eigenvalue weighted by atomic mass is 32.1. The van der Waals surface area contributed by atoms with Gasteiger partial charge in [-0.3, -0.25) is 4.79 Å². The molecule has 7 heteroatoms. The number of methoxy groups -OCH3 is 1. The monoisotopic (exact) mass is 409 g/mol. The molecule has 0 aliphatic carbocycles. The maximum Gasteiger partial charge on any atom is 0.337 e. The molecule has 0 saturated heterocycles. The van der Waals surface area contributed by atoms with Gasteiger partial charge in [-0.15, -0.1) is 0 Å². The number of ether oxygens (including phenoxy) is 1. The Morgan fingerprint density at radius 3 is 2.41 bits per heavy atom. The lowest BCUT2D eigenvalue weighted by Crippen LogP contribution is -2.49. The Balaban J connectivity index is 1.99. The Labute approximate surface area is 175 Å². The molecular formula is C22H23N3O3S. The topological polar surface area (TPSA) is 79.5 Å². The van der Waals surface area contributed by atoms with Crippen LogP contribution in [0.1, 0.15) is 34.0 Å². The molecule has 0 aromatic heterocycles. The third-order valence-electron chi connectivity index (χ3n) is 4.76. The van der Waals surface area contributed by atoms with Crippen LogP contribution in [0.25, 0.3) is 5.70 Å². The van der Waals surface area contributed by atoms with Crippen molar-refractivity contribution in [3.63, 3.8) is 0 Å². The number of benzene rings is 2. The van der Waals surface area contributed by atoms with Crippen LogP contribution in [-0.2, 0) is 9.53 Å². The summed E-state index contributed by atoms with van der Waals surface area (Å²) < 4.78 is 4.74. The molecule has 2 aromatic carbocycles. The lowest BCUT2D eigenvalue weighted by molar-refractivity contribution is -0.113. The van der Waals surface area contributed by atoms with E-state index >= 15 is 0 Å². The van der Waals surface area contributed by atoms with Crippen molar-refractivity contribution in [2.24, 2.45) is 0 Å². The first-order valence-electron chi connectivity index (χ1n) is 9.19. The van der Waals surface area contributed by atoms with Crippen molar-refractivity contribution in [2.45, 2.75) is 26.8 Å². The Hall–Kier alpha value is -3.19. The molecule has 0 radical (unpaired) electrons. The number of hydrogen-bond acceptors (Lipinski definition) is 4. The molecule has 0 bridgehead atoms. The molecule has 150 valence electrons. The molecule has 1 amide bonds. The number of carbonyl (C=O) groups is 2. The number of thiocarbonyl (C=S) groups is 1. The van der Waals surface area contributed by atoms with Crippen LogP contribution in [0.15, 0.2) is 48.0 Å². The third-order valence-corrected chi connectivity index (χ3v) is 4.98. The van der Waals surface area contributed by atoms with E-state index in [1.165, 1.54) is 7.11 Å². The molecule has 1 aliphatic rings. The Kier molecular flexibility index (Phi) is 5.98. The highest BCUT2D eigenvalue weighted by Crippen LogP contribution is 2.25. The molecule has 3 N–H and O–H groups in total. The van der Waals surface area contributed by atoms with Gasteiger partial charge in [0, 0.05) is 5.69 Å². The van der Waals surface area contributed by atoms with Crippen LogP contribution in [0.3, 0.4) is 0 Å². The van der Waals surface area contributed by atoms with Crippen molar-refractivity contribution in [3.8, 4) is 0 Å². The molecule has 29 heavy (non-hydrogen) atoms. The molecule has 1 heterocycles. The summed E-state index contributed by atoms with van der Waals surface area (Å²) in [6, 6.07) is 12.4. The Morgan fingerprint density at radius 1 is 1.10 bits per heavy atom. The van der Waals surface area contributed by atoms with Gasteiger partial charge in [-0.05, 0) is 62.3 Å². The van der Waals surface area contributed by atoms with E-state index in [0.717, 1.165) is 22.4 Å². The second-order valence-corrected chi connectivity index (χ2v) is 7.36. The van der Waals surface area contributed by atoms with E-state index in [2.05, 4.69) is 16.0 Å². The van der Waals surface area contributed by atoms with E-state index in [1.807, 2.05) is 39.0 Å². The van der Waals surface area contributed by atoms with Gasteiger partial charge in [0.25, 0.3) is 5.91 Å². The predicted molar refractivity (Wildman–Crippen MR) is 118 cm³/mol. The smallest absolute Gasteiger partial charge is 0.337 e. The summed E-state index contributed by atoms with van der Waals surface area (Å²) in [5.74, 6) is -0.639. The van der Waals surface area contributed by atoms with E-state index < -0.39 is 5.97 Å². The number of carbonyl (C=O) groups excluding carboxylic acids is 2. The minimum atomic E-state index is -0.416. The quantitative estimate of drug-likeness (QED) is 0.531. The third kappa shape index (κ3) is 4.46. The molecule has 1 aliphatic heterocycles. The first-order chi connectivity index (χ1) is 13.8. The highest BCUT2D eigenvalue weighted by molar-refractivity contribution is 7.80. The van der Waals surface area contributed by atoms with Crippen molar-refractivity contribution in [1.29, 1.82) is 0 Å². The largest absolute Gasteiger partial charge is 0.465 e. The van der Waals surface area contributed by atoms with Gasteiger partial charge in [0.05, 0.1) is 30.0 Å². The van der Waals surface area contributed by atoms with E-state index in [9.17, 15) is 9.59 Å². The standard InChI is InChI=1S/C22H23N3O3S/c1-12-5-10-17(13(2)11-12)24-20(26)18-14(3)23-22(29)25-19(18)15-6-8-16(9-7-15)21(27)28-4/h5-11,14H,1-4H3,(H,24,26)(H2,23,25,29). The molecular weight excluding hydrogens is 386 g/mol. The van der Waals surface area contributed by atoms with Gasteiger partial charge in [0.2, 0.25) is 0 Å². The van der Waals surface area contributed by atoms with Gasteiger partial charge < -0.3 is 20.7 Å². The minimum Gasteiger partial charge on any atom is -0.465 e. The zero-order valence-corrected chi connectivity index (χ0v) is 17.6. The van der Waals surface area contributed by atoms with Crippen LogP contribution in [-0.4, -0.2) is 30.1 Å². The zero-order valence-electron chi connectivity index (χ0n) is 16.8. The fraction of sp³-hybridized carbons (Fsp3) is 0.227. The second-order valence-electron chi connectivity index (χ2n) is 6.95. The molecule has 0 fully saturated rings. The van der Waals surface area contributed by atoms with Crippen LogP contribution in [0.2, 0.25) is 0 Å². The lowest BCUT2D eigenvalue weighted by atomic mass is 9.97. The van der Waals surface area contributed by atoms with E-state index in [4.69, 9.17) is 17.0 Å². The number of aryl methyl sites for hydroxylation is 2. The van der Waals surface area contributed by atoms with Gasteiger partial charge >= 0.3 is 5.97 Å². The molecule has 0 saturated carbocycles. The average Bonchev–Trinajstić information content (AvgIpc) is 2.69. The second kappa shape index (κ2) is 8.45. The summed E-state index contributed by atoms with van der Waals surface area (Å²) in [6.45, 7) is 5.85. The number of esters is 1. The van der Waals surface area contributed by atoms with Crippen LogP contribution >= 0.6 is 12.2 Å². The molecule has 2 aromatic rings. The summed E-state index contributed by atoms with van der Waals surface area (Å²) in [5, 5.41) is 9.61. The number of rotatable bonds is 4. The Morgan fingerprint density at radius 2 is 1.79 bits per heavy atom. The summed E-state index contributed by atoms with van der Waals surface area (Å²) in [6.07, 6.45) is 0. The molecule has 3 rings (SSSR count). The predicted octanol–water partition coefficient (Wildman–Crippen LogP) is 3.31. The van der Waals surface area contributed by atoms with Crippen molar-refractivity contribution in [1.82, 2.24) is 10.6 Å². The van der Waals surface area contributed by atoms with Crippen molar-refractivity contribution < 1.29 is 14.3 Å². The van der Waals surface area contributed by atoms with Crippen LogP contribution in [0.5, 0.6) is 0 Å². The normalized spacial score (nSPS) is 16.0. The fourth-order valence-corrected chi connectivity index (χ4v) is 3.55. The first kappa shape index (κ1) is 20.5. The van der Waals surface area contributed by atoms with Crippen LogP contribution < -0.4 is 16.0 Å². The minimum absolute atomic E-state index is 0.223. The van der Waals surface area contributed by atoms with E-state index in [0.29, 0.717) is 21.9 Å². The van der Waals surface area contributed by atoms with Gasteiger partial charge in [-0.1, -0.05) is 29.8 Å². The molecule has 1 unspecified atom stereocenters. The van der Waals surface area contributed by atoms with Gasteiger partial charge in [-0.25, -0.2) is 4.79 Å². The van der Waals surface area contributed by atoms with Gasteiger partial charge in [0.1, 0.15) is 0 Å². The van der Waals surface area contributed by atoms with Crippen LogP contribution in [0, 0.1) is 13.8 Å². The van der Waals surface area contributed by atoms with Crippen LogP contribution in [0.4, 0.5) is 5.69 Å². The maximum absolute atomic E-state index is 13.2. The van der Waals surface area contributed by atoms with Crippen molar-refractivity contribution in [2.75, 3.05) is 12.4 Å². The summed E-state index contributed by atoms with van der Waals surface area (Å²) in [4.78, 5) is 24.9. The summed E-state index contributed by atoms with van der Waals surface area (Å²) in [5.41, 5.74) is 5.20. The zero-order chi connectivity index (χ0) is 21.1. The van der Waals surface area contributed by atoms with Gasteiger partial charge in [-0.2, -0.15) is 0 Å². The summed E-state index contributed by atoms with van der Waals surface area (Å²) >= 11 is 5.29. The van der Waals surface area contributed by atoms with Crippen molar-refractivity contribution in [3.05, 3.63) is 70.3 Å². The maximum atomic E-state index is 13.2. The molecule has 1 atom stereocenters. The molecule has 6 nitrogen and oxygen atoms in total. The van der Waals surface area contributed by atoms with Gasteiger partial charge in [0.15, 0.2) is 5.11 Å².